The van der Waals surface area contributed by atoms with Crippen molar-refractivity contribution in [2.75, 3.05) is 20.1 Å². The van der Waals surface area contributed by atoms with E-state index in [-0.39, 0.29) is 30.5 Å². The summed E-state index contributed by atoms with van der Waals surface area (Å²) in [6.45, 7) is 3.47. The van der Waals surface area contributed by atoms with Crippen molar-refractivity contribution in [1.29, 1.82) is 0 Å². The fourth-order valence-electron chi connectivity index (χ4n) is 3.00. The van der Waals surface area contributed by atoms with E-state index in [0.717, 1.165) is 6.42 Å². The summed E-state index contributed by atoms with van der Waals surface area (Å²) in [4.78, 5) is 25.7. The second-order valence-corrected chi connectivity index (χ2v) is 6.72. The maximum absolute atomic E-state index is 12.7. The summed E-state index contributed by atoms with van der Waals surface area (Å²) in [5, 5.41) is 17.8. The highest BCUT2D eigenvalue weighted by Crippen LogP contribution is 2.27. The van der Waals surface area contributed by atoms with Crippen LogP contribution in [0.4, 0.5) is 0 Å². The van der Waals surface area contributed by atoms with Gasteiger partial charge in [0, 0.05) is 39.3 Å². The van der Waals surface area contributed by atoms with Crippen LogP contribution in [0.25, 0.3) is 0 Å². The second kappa shape index (κ2) is 7.98. The molecule has 1 unspecified atom stereocenters. The number of likely N-dealkylation sites (tertiary alicyclic amines) is 1. The molecule has 1 aromatic rings. The van der Waals surface area contributed by atoms with Gasteiger partial charge in [-0.05, 0) is 25.7 Å². The third kappa shape index (κ3) is 4.48. The number of carbonyl (C=O) groups is 2. The summed E-state index contributed by atoms with van der Waals surface area (Å²) in [6, 6.07) is 0. The maximum Gasteiger partial charge on any atom is 0.276 e. The summed E-state index contributed by atoms with van der Waals surface area (Å²) < 4.78 is 1.66. The number of halogens is 1. The molecule has 1 aromatic heterocycles. The molecule has 1 aliphatic heterocycles. The molecule has 0 radical (unpaired) electrons. The number of piperidine rings is 1. The predicted octanol–water partition coefficient (Wildman–Crippen LogP) is 1.44. The van der Waals surface area contributed by atoms with Crippen molar-refractivity contribution < 1.29 is 14.7 Å². The molecule has 24 heavy (non-hydrogen) atoms. The second-order valence-electron chi connectivity index (χ2n) is 6.32. The van der Waals surface area contributed by atoms with Crippen molar-refractivity contribution in [3.05, 3.63) is 16.9 Å². The quantitative estimate of drug-likeness (QED) is 0.807. The van der Waals surface area contributed by atoms with E-state index < -0.39 is 5.60 Å². The van der Waals surface area contributed by atoms with Gasteiger partial charge in [-0.15, -0.1) is 0 Å². The van der Waals surface area contributed by atoms with Crippen molar-refractivity contribution >= 4 is 23.4 Å². The summed E-state index contributed by atoms with van der Waals surface area (Å²) >= 11 is 6.14. The van der Waals surface area contributed by atoms with Crippen LogP contribution in [0.5, 0.6) is 0 Å². The van der Waals surface area contributed by atoms with Crippen LogP contribution in [-0.4, -0.2) is 57.3 Å². The summed E-state index contributed by atoms with van der Waals surface area (Å²) in [5.74, 6) is -0.388. The van der Waals surface area contributed by atoms with Gasteiger partial charge in [-0.25, -0.2) is 0 Å². The Bertz CT molecular complexity index is 604. The number of carbonyl (C=O) groups excluding carboxylic acids is 2. The van der Waals surface area contributed by atoms with Gasteiger partial charge in [0.05, 0.1) is 10.6 Å². The molecular weight excluding hydrogens is 332 g/mol. The first-order chi connectivity index (χ1) is 11.4. The molecule has 0 spiro atoms. The zero-order valence-corrected chi connectivity index (χ0v) is 15.0. The van der Waals surface area contributed by atoms with Crippen LogP contribution in [0.3, 0.4) is 0 Å². The monoisotopic (exact) mass is 356 g/mol. The SMILES string of the molecule is CCCn1cc(Cl)c(C(=O)N2CCCC(O)(CCC(=O)NC)C2)n1. The van der Waals surface area contributed by atoms with E-state index in [4.69, 9.17) is 11.6 Å². The van der Waals surface area contributed by atoms with Gasteiger partial charge in [-0.3, -0.25) is 14.3 Å². The Morgan fingerprint density at radius 3 is 2.92 bits per heavy atom. The largest absolute Gasteiger partial charge is 0.388 e. The molecule has 2 heterocycles. The lowest BCUT2D eigenvalue weighted by atomic mass is 9.88. The molecule has 134 valence electrons. The van der Waals surface area contributed by atoms with Crippen molar-refractivity contribution in [1.82, 2.24) is 20.0 Å². The van der Waals surface area contributed by atoms with Gasteiger partial charge < -0.3 is 15.3 Å². The van der Waals surface area contributed by atoms with Crippen LogP contribution in [0, 0.1) is 0 Å². The molecule has 2 N–H and O–H groups in total. The molecule has 1 atom stereocenters. The van der Waals surface area contributed by atoms with Crippen LogP contribution in [-0.2, 0) is 11.3 Å². The molecule has 1 saturated heterocycles. The summed E-state index contributed by atoms with van der Waals surface area (Å²) in [6.07, 6.45) is 4.37. The number of amides is 2. The van der Waals surface area contributed by atoms with Gasteiger partial charge >= 0.3 is 0 Å². The van der Waals surface area contributed by atoms with Crippen LogP contribution in [0.2, 0.25) is 5.02 Å². The van der Waals surface area contributed by atoms with E-state index in [1.54, 1.807) is 22.8 Å². The topological polar surface area (TPSA) is 87.5 Å². The van der Waals surface area contributed by atoms with E-state index in [9.17, 15) is 14.7 Å². The minimum Gasteiger partial charge on any atom is -0.388 e. The minimum atomic E-state index is -1.04. The van der Waals surface area contributed by atoms with E-state index in [0.29, 0.717) is 37.4 Å². The third-order valence-corrected chi connectivity index (χ3v) is 4.59. The Balaban J connectivity index is 2.05. The Morgan fingerprint density at radius 1 is 1.50 bits per heavy atom. The minimum absolute atomic E-state index is 0.117. The average Bonchev–Trinajstić information content (AvgIpc) is 2.93. The van der Waals surface area contributed by atoms with E-state index in [2.05, 4.69) is 10.4 Å². The normalized spacial score (nSPS) is 20.9. The van der Waals surface area contributed by atoms with Gasteiger partial charge in [0.2, 0.25) is 5.91 Å². The number of β-amino-alcohol motifs (C(OH)–C–C–N with tert-alkyl or cyclic N) is 1. The van der Waals surface area contributed by atoms with Gasteiger partial charge in [0.25, 0.3) is 5.91 Å². The van der Waals surface area contributed by atoms with Crippen LogP contribution in [0.15, 0.2) is 6.20 Å². The molecule has 1 fully saturated rings. The lowest BCUT2D eigenvalue weighted by molar-refractivity contribution is -0.122. The van der Waals surface area contributed by atoms with Crippen molar-refractivity contribution in [2.45, 2.75) is 51.2 Å². The summed E-state index contributed by atoms with van der Waals surface area (Å²) in [7, 11) is 1.57. The Hall–Kier alpha value is -1.60. The molecule has 0 aliphatic carbocycles. The Morgan fingerprint density at radius 2 is 2.25 bits per heavy atom. The van der Waals surface area contributed by atoms with Crippen LogP contribution in [0.1, 0.15) is 49.5 Å². The fourth-order valence-corrected chi connectivity index (χ4v) is 3.23. The lowest BCUT2D eigenvalue weighted by Gasteiger charge is -2.39. The number of nitrogens with one attached hydrogen (secondary N) is 1. The third-order valence-electron chi connectivity index (χ3n) is 4.31. The number of aromatic nitrogens is 2. The number of hydrogen-bond acceptors (Lipinski definition) is 4. The van der Waals surface area contributed by atoms with E-state index >= 15 is 0 Å². The fraction of sp³-hybridized carbons (Fsp3) is 0.688. The van der Waals surface area contributed by atoms with E-state index in [1.807, 2.05) is 6.92 Å². The molecule has 8 heteroatoms. The highest BCUT2D eigenvalue weighted by Gasteiger charge is 2.36. The molecule has 0 aromatic carbocycles. The summed E-state index contributed by atoms with van der Waals surface area (Å²) in [5.41, 5.74) is -0.820. The number of hydrogen-bond donors (Lipinski definition) is 2. The molecule has 0 saturated carbocycles. The Labute approximate surface area is 147 Å². The van der Waals surface area contributed by atoms with E-state index in [1.165, 1.54) is 0 Å². The first-order valence-corrected chi connectivity index (χ1v) is 8.71. The van der Waals surface area contributed by atoms with Gasteiger partial charge in [-0.1, -0.05) is 18.5 Å². The molecular formula is C16H25ClN4O3. The van der Waals surface area contributed by atoms with Crippen LogP contribution >= 0.6 is 11.6 Å². The number of aliphatic hydroxyl groups is 1. The number of nitrogens with zero attached hydrogens (tertiary/aromatic N) is 3. The van der Waals surface area contributed by atoms with Gasteiger partial charge in [0.1, 0.15) is 0 Å². The zero-order valence-electron chi connectivity index (χ0n) is 14.2. The Kier molecular flexibility index (Phi) is 6.23. The highest BCUT2D eigenvalue weighted by molar-refractivity contribution is 6.33. The average molecular weight is 357 g/mol. The van der Waals surface area contributed by atoms with Gasteiger partial charge in [-0.2, -0.15) is 5.10 Å². The first-order valence-electron chi connectivity index (χ1n) is 8.33. The smallest absolute Gasteiger partial charge is 0.276 e. The van der Waals surface area contributed by atoms with Crippen LogP contribution < -0.4 is 5.32 Å². The number of aryl methyl sites for hydroxylation is 1. The molecule has 1 aliphatic rings. The first kappa shape index (κ1) is 18.7. The zero-order chi connectivity index (χ0) is 17.7. The maximum atomic E-state index is 12.7. The van der Waals surface area contributed by atoms with Crippen molar-refractivity contribution in [2.24, 2.45) is 0 Å². The molecule has 2 rings (SSSR count). The van der Waals surface area contributed by atoms with Crippen molar-refractivity contribution in [3.63, 3.8) is 0 Å². The predicted molar refractivity (Wildman–Crippen MR) is 90.9 cm³/mol. The van der Waals surface area contributed by atoms with Gasteiger partial charge in [0.15, 0.2) is 5.69 Å². The van der Waals surface area contributed by atoms with Crippen molar-refractivity contribution in [3.8, 4) is 0 Å². The standard InChI is InChI=1S/C16H25ClN4O3/c1-3-8-21-10-12(17)14(19-21)15(23)20-9-4-6-16(24,11-20)7-5-13(22)18-2/h10,24H,3-9,11H2,1-2H3,(H,18,22). The molecule has 7 nitrogen and oxygen atoms in total. The lowest BCUT2D eigenvalue weighted by Crippen LogP contribution is -2.50. The number of rotatable bonds is 6. The molecule has 2 amide bonds. The highest BCUT2D eigenvalue weighted by atomic mass is 35.5. The molecule has 0 bridgehead atoms.